The van der Waals surface area contributed by atoms with Crippen molar-refractivity contribution in [2.45, 2.75) is 33.1 Å². The van der Waals surface area contributed by atoms with Gasteiger partial charge in [0.1, 0.15) is 0 Å². The normalized spacial score (nSPS) is 13.1. The van der Waals surface area contributed by atoms with E-state index < -0.39 is 0 Å². The number of benzene rings is 1. The van der Waals surface area contributed by atoms with Gasteiger partial charge in [-0.05, 0) is 44.4 Å². The van der Waals surface area contributed by atoms with Crippen LogP contribution in [-0.2, 0) is 0 Å². The largest absolute Gasteiger partial charge is 0.118 e. The molecule has 0 aromatic heterocycles. The highest BCUT2D eigenvalue weighted by molar-refractivity contribution is 6.20. The third kappa shape index (κ3) is 1.81. The summed E-state index contributed by atoms with van der Waals surface area (Å²) in [6, 6.07) is 4.36. The van der Waals surface area contributed by atoms with Crippen LogP contribution in [0, 0.1) is 20.8 Å². The smallest absolute Gasteiger partial charge is 0.0562 e. The van der Waals surface area contributed by atoms with Crippen molar-refractivity contribution in [1.29, 1.82) is 0 Å². The average molecular weight is 183 g/mol. The van der Waals surface area contributed by atoms with Crippen molar-refractivity contribution >= 4 is 11.6 Å². The minimum Gasteiger partial charge on any atom is -0.118 e. The van der Waals surface area contributed by atoms with Crippen LogP contribution in [0.4, 0.5) is 0 Å². The lowest BCUT2D eigenvalue weighted by molar-refractivity contribution is 1.03. The van der Waals surface area contributed by atoms with Gasteiger partial charge in [0.25, 0.3) is 0 Å². The van der Waals surface area contributed by atoms with Gasteiger partial charge in [0.2, 0.25) is 0 Å². The zero-order valence-corrected chi connectivity index (χ0v) is 8.87. The van der Waals surface area contributed by atoms with Gasteiger partial charge in [0.05, 0.1) is 5.38 Å². The van der Waals surface area contributed by atoms with Crippen molar-refractivity contribution in [3.05, 3.63) is 34.4 Å². The Balaban J connectivity index is 3.28. The van der Waals surface area contributed by atoms with Crippen LogP contribution in [0.15, 0.2) is 12.1 Å². The third-order valence-electron chi connectivity index (χ3n) is 2.14. The Kier molecular flexibility index (Phi) is 2.79. The van der Waals surface area contributed by atoms with E-state index in [4.69, 9.17) is 11.6 Å². The van der Waals surface area contributed by atoms with Crippen molar-refractivity contribution in [3.8, 4) is 0 Å². The number of aryl methyl sites for hydroxylation is 3. The minimum absolute atomic E-state index is 0.116. The molecule has 0 amide bonds. The van der Waals surface area contributed by atoms with E-state index in [0.717, 1.165) is 0 Å². The van der Waals surface area contributed by atoms with Crippen molar-refractivity contribution in [1.82, 2.24) is 0 Å². The Hall–Kier alpha value is -0.490. The maximum atomic E-state index is 6.07. The van der Waals surface area contributed by atoms with E-state index in [1.54, 1.807) is 0 Å². The summed E-state index contributed by atoms with van der Waals surface area (Å²) in [5.41, 5.74) is 5.19. The molecule has 0 radical (unpaired) electrons. The van der Waals surface area contributed by atoms with Crippen molar-refractivity contribution < 1.29 is 0 Å². The van der Waals surface area contributed by atoms with Gasteiger partial charge in [-0.2, -0.15) is 0 Å². The topological polar surface area (TPSA) is 0 Å². The van der Waals surface area contributed by atoms with Gasteiger partial charge < -0.3 is 0 Å². The molecule has 0 nitrogen and oxygen atoms in total. The summed E-state index contributed by atoms with van der Waals surface area (Å²) >= 11 is 6.07. The van der Waals surface area contributed by atoms with E-state index in [9.17, 15) is 0 Å². The molecule has 1 atom stereocenters. The predicted molar refractivity (Wildman–Crippen MR) is 54.9 cm³/mol. The zero-order valence-electron chi connectivity index (χ0n) is 8.11. The summed E-state index contributed by atoms with van der Waals surface area (Å²) in [6.45, 7) is 8.37. The summed E-state index contributed by atoms with van der Waals surface area (Å²) < 4.78 is 0. The van der Waals surface area contributed by atoms with Crippen LogP contribution in [0.3, 0.4) is 0 Å². The molecule has 1 aromatic carbocycles. The molecule has 1 aromatic rings. The molecule has 0 bridgehead atoms. The van der Waals surface area contributed by atoms with E-state index in [1.807, 2.05) is 6.92 Å². The summed E-state index contributed by atoms with van der Waals surface area (Å²) in [5, 5.41) is 0.116. The lowest BCUT2D eigenvalue weighted by atomic mass is 9.98. The monoisotopic (exact) mass is 182 g/mol. The second-order valence-corrected chi connectivity index (χ2v) is 4.08. The Morgan fingerprint density at radius 3 is 1.83 bits per heavy atom. The van der Waals surface area contributed by atoms with E-state index in [-0.39, 0.29) is 5.38 Å². The second-order valence-electron chi connectivity index (χ2n) is 3.43. The molecule has 0 spiro atoms. The highest BCUT2D eigenvalue weighted by atomic mass is 35.5. The van der Waals surface area contributed by atoms with Crippen molar-refractivity contribution in [2.24, 2.45) is 0 Å². The van der Waals surface area contributed by atoms with Crippen LogP contribution in [0.2, 0.25) is 0 Å². The molecule has 1 heteroatoms. The van der Waals surface area contributed by atoms with Gasteiger partial charge in [-0.3, -0.25) is 0 Å². The first kappa shape index (κ1) is 9.60. The highest BCUT2D eigenvalue weighted by Gasteiger charge is 2.08. The van der Waals surface area contributed by atoms with E-state index in [1.165, 1.54) is 22.3 Å². The molecule has 0 aliphatic carbocycles. The number of rotatable bonds is 1. The Bertz CT molecular complexity index is 264. The number of halogens is 1. The van der Waals surface area contributed by atoms with Crippen LogP contribution in [-0.4, -0.2) is 0 Å². The van der Waals surface area contributed by atoms with Gasteiger partial charge >= 0.3 is 0 Å². The summed E-state index contributed by atoms with van der Waals surface area (Å²) in [4.78, 5) is 0. The lowest BCUT2D eigenvalue weighted by Gasteiger charge is -2.12. The molecule has 0 heterocycles. The van der Waals surface area contributed by atoms with Crippen LogP contribution >= 0.6 is 11.6 Å². The minimum atomic E-state index is 0.116. The van der Waals surface area contributed by atoms with E-state index >= 15 is 0 Å². The summed E-state index contributed by atoms with van der Waals surface area (Å²) in [5.74, 6) is 0. The van der Waals surface area contributed by atoms with Gasteiger partial charge in [0, 0.05) is 0 Å². The first-order valence-electron chi connectivity index (χ1n) is 4.24. The molecule has 0 saturated carbocycles. The molecular formula is C11H15Cl. The third-order valence-corrected chi connectivity index (χ3v) is 2.35. The fraction of sp³-hybridized carbons (Fsp3) is 0.455. The summed E-state index contributed by atoms with van der Waals surface area (Å²) in [7, 11) is 0. The Morgan fingerprint density at radius 2 is 1.50 bits per heavy atom. The predicted octanol–water partition coefficient (Wildman–Crippen LogP) is 3.91. The molecule has 0 saturated heterocycles. The quantitative estimate of drug-likeness (QED) is 0.578. The van der Waals surface area contributed by atoms with Gasteiger partial charge in [-0.1, -0.05) is 17.7 Å². The molecule has 0 N–H and O–H groups in total. The second kappa shape index (κ2) is 3.49. The van der Waals surface area contributed by atoms with E-state index in [2.05, 4.69) is 32.9 Å². The summed E-state index contributed by atoms with van der Waals surface area (Å²) in [6.07, 6.45) is 0. The van der Waals surface area contributed by atoms with Crippen molar-refractivity contribution in [2.75, 3.05) is 0 Å². The van der Waals surface area contributed by atoms with Crippen LogP contribution in [0.5, 0.6) is 0 Å². The molecular weight excluding hydrogens is 168 g/mol. The molecule has 66 valence electrons. The van der Waals surface area contributed by atoms with Gasteiger partial charge in [0.15, 0.2) is 0 Å². The molecule has 1 rings (SSSR count). The van der Waals surface area contributed by atoms with Crippen LogP contribution < -0.4 is 0 Å². The number of hydrogen-bond donors (Lipinski definition) is 0. The first-order chi connectivity index (χ1) is 5.52. The van der Waals surface area contributed by atoms with E-state index in [0.29, 0.717) is 0 Å². The zero-order chi connectivity index (χ0) is 9.30. The van der Waals surface area contributed by atoms with Gasteiger partial charge in [-0.25, -0.2) is 0 Å². The maximum absolute atomic E-state index is 6.07. The van der Waals surface area contributed by atoms with Crippen LogP contribution in [0.1, 0.15) is 34.6 Å². The van der Waals surface area contributed by atoms with Crippen LogP contribution in [0.25, 0.3) is 0 Å². The molecule has 0 unspecified atom stereocenters. The van der Waals surface area contributed by atoms with Gasteiger partial charge in [-0.15, -0.1) is 11.6 Å². The molecule has 0 aliphatic rings. The fourth-order valence-corrected chi connectivity index (χ4v) is 2.16. The molecule has 0 fully saturated rings. The fourth-order valence-electron chi connectivity index (χ4n) is 1.82. The van der Waals surface area contributed by atoms with Crippen molar-refractivity contribution in [3.63, 3.8) is 0 Å². The molecule has 0 aliphatic heterocycles. The lowest BCUT2D eigenvalue weighted by Crippen LogP contribution is -1.94. The number of alkyl halides is 1. The molecule has 12 heavy (non-hydrogen) atoms. The highest BCUT2D eigenvalue weighted by Crippen LogP contribution is 2.27. The Labute approximate surface area is 79.6 Å². The maximum Gasteiger partial charge on any atom is 0.0562 e. The Morgan fingerprint density at radius 1 is 1.08 bits per heavy atom. The number of hydrogen-bond acceptors (Lipinski definition) is 0. The SMILES string of the molecule is Cc1cc(C)c([C@H](C)Cl)c(C)c1. The standard InChI is InChI=1S/C11H15Cl/c1-7-5-8(2)11(10(4)12)9(3)6-7/h5-6,10H,1-4H3/t10-/m0/s1. The first-order valence-corrected chi connectivity index (χ1v) is 4.68. The average Bonchev–Trinajstić information content (AvgIpc) is 1.82.